The SMILES string of the molecule is CCOc1ccc(CC2(CCN(CC)CC)Cc3cc(OC)ccc3O2)cc1. The number of benzene rings is 2. The molecular formula is C24H33NO3. The molecule has 28 heavy (non-hydrogen) atoms. The Labute approximate surface area is 169 Å². The number of nitrogens with zero attached hydrogens (tertiary/aromatic N) is 1. The van der Waals surface area contributed by atoms with E-state index in [1.165, 1.54) is 11.1 Å². The molecule has 152 valence electrons. The average Bonchev–Trinajstić information content (AvgIpc) is 3.07. The molecule has 2 aromatic rings. The molecular weight excluding hydrogens is 350 g/mol. The topological polar surface area (TPSA) is 30.9 Å². The summed E-state index contributed by atoms with van der Waals surface area (Å²) in [5, 5.41) is 0. The van der Waals surface area contributed by atoms with E-state index in [9.17, 15) is 0 Å². The van der Waals surface area contributed by atoms with Crippen molar-refractivity contribution in [2.24, 2.45) is 0 Å². The Hall–Kier alpha value is -2.20. The van der Waals surface area contributed by atoms with Crippen molar-refractivity contribution < 1.29 is 14.2 Å². The summed E-state index contributed by atoms with van der Waals surface area (Å²) in [6.45, 7) is 10.3. The maximum absolute atomic E-state index is 6.60. The van der Waals surface area contributed by atoms with E-state index in [4.69, 9.17) is 14.2 Å². The van der Waals surface area contributed by atoms with E-state index >= 15 is 0 Å². The van der Waals surface area contributed by atoms with E-state index in [2.05, 4.69) is 49.1 Å². The zero-order valence-electron chi connectivity index (χ0n) is 17.7. The zero-order chi connectivity index (χ0) is 20.0. The van der Waals surface area contributed by atoms with Crippen molar-refractivity contribution in [2.75, 3.05) is 33.4 Å². The monoisotopic (exact) mass is 383 g/mol. The lowest BCUT2D eigenvalue weighted by Crippen LogP contribution is -2.41. The van der Waals surface area contributed by atoms with Crippen LogP contribution in [0.2, 0.25) is 0 Å². The van der Waals surface area contributed by atoms with Gasteiger partial charge >= 0.3 is 0 Å². The third-order valence-corrected chi connectivity index (χ3v) is 5.65. The van der Waals surface area contributed by atoms with Gasteiger partial charge in [0.15, 0.2) is 0 Å². The predicted molar refractivity (Wildman–Crippen MR) is 114 cm³/mol. The maximum atomic E-state index is 6.60. The molecule has 1 aliphatic heterocycles. The maximum Gasteiger partial charge on any atom is 0.123 e. The Morgan fingerprint density at radius 3 is 2.36 bits per heavy atom. The van der Waals surface area contributed by atoms with Crippen LogP contribution in [0.25, 0.3) is 0 Å². The lowest BCUT2D eigenvalue weighted by Gasteiger charge is -2.32. The Balaban J connectivity index is 1.81. The first-order valence-corrected chi connectivity index (χ1v) is 10.4. The third-order valence-electron chi connectivity index (χ3n) is 5.65. The summed E-state index contributed by atoms with van der Waals surface area (Å²) >= 11 is 0. The predicted octanol–water partition coefficient (Wildman–Crippen LogP) is 4.74. The summed E-state index contributed by atoms with van der Waals surface area (Å²) in [5.41, 5.74) is 2.30. The lowest BCUT2D eigenvalue weighted by atomic mass is 9.86. The second-order valence-electron chi connectivity index (χ2n) is 7.47. The second-order valence-corrected chi connectivity index (χ2v) is 7.47. The van der Waals surface area contributed by atoms with Gasteiger partial charge in [-0.1, -0.05) is 26.0 Å². The number of rotatable bonds is 10. The van der Waals surface area contributed by atoms with Crippen LogP contribution in [0.4, 0.5) is 0 Å². The molecule has 0 bridgehead atoms. The van der Waals surface area contributed by atoms with E-state index in [-0.39, 0.29) is 5.60 Å². The molecule has 1 atom stereocenters. The normalized spacial score (nSPS) is 18.0. The van der Waals surface area contributed by atoms with Crippen LogP contribution in [0.15, 0.2) is 42.5 Å². The van der Waals surface area contributed by atoms with E-state index in [0.29, 0.717) is 6.61 Å². The lowest BCUT2D eigenvalue weighted by molar-refractivity contribution is 0.0712. The molecule has 1 aliphatic rings. The Kier molecular flexibility index (Phi) is 6.84. The van der Waals surface area contributed by atoms with Gasteiger partial charge in [-0.2, -0.15) is 0 Å². The first kappa shape index (κ1) is 20.5. The molecule has 3 rings (SSSR count). The number of fused-ring (bicyclic) bond motifs is 1. The van der Waals surface area contributed by atoms with Crippen LogP contribution in [0.1, 0.15) is 38.3 Å². The minimum atomic E-state index is -0.218. The summed E-state index contributed by atoms with van der Waals surface area (Å²) in [6.07, 6.45) is 2.80. The fourth-order valence-corrected chi connectivity index (χ4v) is 4.01. The van der Waals surface area contributed by atoms with E-state index in [1.807, 2.05) is 19.1 Å². The van der Waals surface area contributed by atoms with Gasteiger partial charge in [-0.25, -0.2) is 0 Å². The van der Waals surface area contributed by atoms with Gasteiger partial charge in [0.05, 0.1) is 13.7 Å². The zero-order valence-corrected chi connectivity index (χ0v) is 17.7. The highest BCUT2D eigenvalue weighted by molar-refractivity contribution is 5.45. The second kappa shape index (κ2) is 9.33. The van der Waals surface area contributed by atoms with Gasteiger partial charge in [0.25, 0.3) is 0 Å². The quantitative estimate of drug-likeness (QED) is 0.593. The molecule has 0 radical (unpaired) electrons. The molecule has 0 saturated heterocycles. The summed E-state index contributed by atoms with van der Waals surface area (Å²) < 4.78 is 17.6. The molecule has 2 aromatic carbocycles. The standard InChI is InChI=1S/C24H33NO3/c1-5-25(6-2)15-14-24(17-19-8-10-21(11-9-19)27-7-3)18-20-16-22(26-4)12-13-23(20)28-24/h8-13,16H,5-7,14-15,17-18H2,1-4H3. The highest BCUT2D eigenvalue weighted by Crippen LogP contribution is 2.41. The molecule has 0 amide bonds. The van der Waals surface area contributed by atoms with Gasteiger partial charge in [0.1, 0.15) is 22.8 Å². The van der Waals surface area contributed by atoms with E-state index in [1.54, 1.807) is 7.11 Å². The highest BCUT2D eigenvalue weighted by Gasteiger charge is 2.39. The number of hydrogen-bond acceptors (Lipinski definition) is 4. The van der Waals surface area contributed by atoms with Crippen LogP contribution < -0.4 is 14.2 Å². The molecule has 1 heterocycles. The number of methoxy groups -OCH3 is 1. The van der Waals surface area contributed by atoms with E-state index in [0.717, 1.165) is 56.1 Å². The van der Waals surface area contributed by atoms with Gasteiger partial charge in [0.2, 0.25) is 0 Å². The van der Waals surface area contributed by atoms with Gasteiger partial charge in [0, 0.05) is 31.4 Å². The molecule has 0 N–H and O–H groups in total. The Morgan fingerprint density at radius 1 is 1.00 bits per heavy atom. The van der Waals surface area contributed by atoms with Crippen molar-refractivity contribution in [3.8, 4) is 17.2 Å². The van der Waals surface area contributed by atoms with Crippen LogP contribution in [-0.2, 0) is 12.8 Å². The molecule has 0 aliphatic carbocycles. The fraction of sp³-hybridized carbons (Fsp3) is 0.500. The summed E-state index contributed by atoms with van der Waals surface area (Å²) in [5.74, 6) is 2.80. The summed E-state index contributed by atoms with van der Waals surface area (Å²) in [6, 6.07) is 14.6. The average molecular weight is 384 g/mol. The van der Waals surface area contributed by atoms with Crippen molar-refractivity contribution in [3.63, 3.8) is 0 Å². The highest BCUT2D eigenvalue weighted by atomic mass is 16.5. The van der Waals surface area contributed by atoms with Crippen molar-refractivity contribution in [3.05, 3.63) is 53.6 Å². The van der Waals surface area contributed by atoms with Crippen molar-refractivity contribution >= 4 is 0 Å². The first-order valence-electron chi connectivity index (χ1n) is 10.4. The largest absolute Gasteiger partial charge is 0.497 e. The van der Waals surface area contributed by atoms with Crippen molar-refractivity contribution in [2.45, 2.75) is 45.6 Å². The molecule has 0 saturated carbocycles. The Morgan fingerprint density at radius 2 is 1.71 bits per heavy atom. The van der Waals surface area contributed by atoms with Gasteiger partial charge in [-0.05, 0) is 55.9 Å². The third kappa shape index (κ3) is 4.79. The van der Waals surface area contributed by atoms with E-state index < -0.39 is 0 Å². The molecule has 0 aromatic heterocycles. The van der Waals surface area contributed by atoms with Crippen molar-refractivity contribution in [1.29, 1.82) is 0 Å². The van der Waals surface area contributed by atoms with Crippen LogP contribution in [-0.4, -0.2) is 43.9 Å². The minimum Gasteiger partial charge on any atom is -0.497 e. The van der Waals surface area contributed by atoms with Gasteiger partial charge in [-0.15, -0.1) is 0 Å². The van der Waals surface area contributed by atoms with Gasteiger partial charge in [-0.3, -0.25) is 0 Å². The smallest absolute Gasteiger partial charge is 0.123 e. The molecule has 0 fully saturated rings. The first-order chi connectivity index (χ1) is 13.6. The molecule has 1 unspecified atom stereocenters. The molecule has 4 nitrogen and oxygen atoms in total. The van der Waals surface area contributed by atoms with Crippen LogP contribution in [0.3, 0.4) is 0 Å². The van der Waals surface area contributed by atoms with Crippen LogP contribution in [0.5, 0.6) is 17.2 Å². The van der Waals surface area contributed by atoms with Crippen LogP contribution >= 0.6 is 0 Å². The Bertz CT molecular complexity index is 755. The molecule has 4 heteroatoms. The van der Waals surface area contributed by atoms with Crippen molar-refractivity contribution in [1.82, 2.24) is 4.90 Å². The molecule has 0 spiro atoms. The van der Waals surface area contributed by atoms with Gasteiger partial charge < -0.3 is 19.1 Å². The summed E-state index contributed by atoms with van der Waals surface area (Å²) in [7, 11) is 1.71. The fourth-order valence-electron chi connectivity index (χ4n) is 4.01. The minimum absolute atomic E-state index is 0.218. The number of hydrogen-bond donors (Lipinski definition) is 0. The summed E-state index contributed by atoms with van der Waals surface area (Å²) in [4.78, 5) is 2.47. The number of ether oxygens (including phenoxy) is 3. The van der Waals surface area contributed by atoms with Crippen LogP contribution in [0, 0.1) is 0 Å².